The molecule has 0 heterocycles. The van der Waals surface area contributed by atoms with E-state index in [0.717, 1.165) is 17.5 Å². The summed E-state index contributed by atoms with van der Waals surface area (Å²) in [6.45, 7) is 4.43. The molecule has 3 nitrogen and oxygen atoms in total. The number of hydrogen-bond acceptors (Lipinski definition) is 2. The fourth-order valence-electron chi connectivity index (χ4n) is 2.18. The van der Waals surface area contributed by atoms with Gasteiger partial charge in [0.2, 0.25) is 0 Å². The molecule has 2 rings (SSSR count). The van der Waals surface area contributed by atoms with Gasteiger partial charge < -0.3 is 10.4 Å². The predicted octanol–water partition coefficient (Wildman–Crippen LogP) is 3.19. The van der Waals surface area contributed by atoms with Gasteiger partial charge in [-0.2, -0.15) is 0 Å². The minimum Gasteiger partial charge on any atom is -0.507 e. The molecule has 1 amide bonds. The van der Waals surface area contributed by atoms with Crippen molar-refractivity contribution in [3.63, 3.8) is 0 Å². The van der Waals surface area contributed by atoms with Gasteiger partial charge in [-0.1, -0.05) is 37.3 Å². The molecule has 2 N–H and O–H groups in total. The maximum Gasteiger partial charge on any atom is 0.255 e. The van der Waals surface area contributed by atoms with Crippen molar-refractivity contribution in [2.75, 3.05) is 0 Å². The molecule has 104 valence electrons. The fraction of sp³-hybridized carbons (Fsp3) is 0.235. The van der Waals surface area contributed by atoms with Crippen LogP contribution in [0.4, 0.5) is 0 Å². The molecule has 2 aromatic rings. The first-order valence-corrected chi connectivity index (χ1v) is 6.76. The zero-order valence-electron chi connectivity index (χ0n) is 11.8. The van der Waals surface area contributed by atoms with Gasteiger partial charge in [-0.05, 0) is 42.2 Å². The number of aryl methyl sites for hydroxylation is 2. The van der Waals surface area contributed by atoms with Crippen molar-refractivity contribution in [1.82, 2.24) is 5.32 Å². The zero-order chi connectivity index (χ0) is 14.5. The predicted molar refractivity (Wildman–Crippen MR) is 79.8 cm³/mol. The summed E-state index contributed by atoms with van der Waals surface area (Å²) in [7, 11) is 0. The van der Waals surface area contributed by atoms with E-state index < -0.39 is 0 Å². The molecule has 0 saturated carbocycles. The molecule has 0 spiro atoms. The Bertz CT molecular complexity index is 620. The Morgan fingerprint density at radius 3 is 2.50 bits per heavy atom. The Labute approximate surface area is 119 Å². The van der Waals surface area contributed by atoms with Crippen molar-refractivity contribution in [3.8, 4) is 5.75 Å². The quantitative estimate of drug-likeness (QED) is 0.895. The molecule has 0 aliphatic heterocycles. The highest BCUT2D eigenvalue weighted by atomic mass is 16.3. The molecule has 0 unspecified atom stereocenters. The highest BCUT2D eigenvalue weighted by molar-refractivity contribution is 5.96. The lowest BCUT2D eigenvalue weighted by atomic mass is 10.1. The lowest BCUT2D eigenvalue weighted by molar-refractivity contribution is 0.0948. The molecule has 20 heavy (non-hydrogen) atoms. The highest BCUT2D eigenvalue weighted by Crippen LogP contribution is 2.18. The first-order valence-electron chi connectivity index (χ1n) is 6.76. The second kappa shape index (κ2) is 6.24. The monoisotopic (exact) mass is 269 g/mol. The number of phenols is 1. The summed E-state index contributed by atoms with van der Waals surface area (Å²) in [5, 5.41) is 12.7. The second-order valence-corrected chi connectivity index (χ2v) is 4.83. The van der Waals surface area contributed by atoms with Crippen molar-refractivity contribution in [2.45, 2.75) is 26.8 Å². The molecule has 0 atom stereocenters. The van der Waals surface area contributed by atoms with E-state index in [4.69, 9.17) is 0 Å². The summed E-state index contributed by atoms with van der Waals surface area (Å²) < 4.78 is 0. The summed E-state index contributed by atoms with van der Waals surface area (Å²) in [6.07, 6.45) is 0.932. The molecule has 0 aliphatic rings. The molecular weight excluding hydrogens is 250 g/mol. The molecular formula is C17H19NO2. The van der Waals surface area contributed by atoms with Gasteiger partial charge in [0.15, 0.2) is 0 Å². The van der Waals surface area contributed by atoms with Crippen LogP contribution in [0, 0.1) is 6.92 Å². The van der Waals surface area contributed by atoms with Crippen molar-refractivity contribution < 1.29 is 9.90 Å². The van der Waals surface area contributed by atoms with Crippen molar-refractivity contribution >= 4 is 5.91 Å². The molecule has 3 heteroatoms. The number of benzene rings is 2. The van der Waals surface area contributed by atoms with Crippen molar-refractivity contribution in [1.29, 1.82) is 0 Å². The standard InChI is InChI=1S/C17H19NO2/c1-3-13-6-4-5-7-14(13)11-18-17(20)15-9-8-12(2)10-16(15)19/h4-10,19H,3,11H2,1-2H3,(H,18,20). The number of phenolic OH excluding ortho intramolecular Hbond substituents is 1. The van der Waals surface area contributed by atoms with Crippen LogP contribution >= 0.6 is 0 Å². The molecule has 0 fully saturated rings. The third-order valence-electron chi connectivity index (χ3n) is 3.34. The largest absolute Gasteiger partial charge is 0.507 e. The highest BCUT2D eigenvalue weighted by Gasteiger charge is 2.11. The van der Waals surface area contributed by atoms with E-state index in [0.29, 0.717) is 12.1 Å². The Hall–Kier alpha value is -2.29. The second-order valence-electron chi connectivity index (χ2n) is 4.83. The third kappa shape index (κ3) is 3.18. The summed E-state index contributed by atoms with van der Waals surface area (Å²) in [6, 6.07) is 13.1. The van der Waals surface area contributed by atoms with Gasteiger partial charge in [0.1, 0.15) is 5.75 Å². The van der Waals surface area contributed by atoms with E-state index in [-0.39, 0.29) is 11.7 Å². The lowest BCUT2D eigenvalue weighted by Gasteiger charge is -2.10. The minimum absolute atomic E-state index is 0.0197. The van der Waals surface area contributed by atoms with Crippen LogP contribution in [0.25, 0.3) is 0 Å². The van der Waals surface area contributed by atoms with Crippen LogP contribution in [0.1, 0.15) is 34.0 Å². The maximum atomic E-state index is 12.1. The smallest absolute Gasteiger partial charge is 0.255 e. The van der Waals surface area contributed by atoms with E-state index in [9.17, 15) is 9.90 Å². The van der Waals surface area contributed by atoms with E-state index in [2.05, 4.69) is 18.3 Å². The Morgan fingerprint density at radius 1 is 1.15 bits per heavy atom. The average molecular weight is 269 g/mol. The number of rotatable bonds is 4. The minimum atomic E-state index is -0.256. The van der Waals surface area contributed by atoms with Crippen LogP contribution in [0.15, 0.2) is 42.5 Å². The summed E-state index contributed by atoms with van der Waals surface area (Å²) in [5.74, 6) is -0.236. The molecule has 0 bridgehead atoms. The van der Waals surface area contributed by atoms with Crippen molar-refractivity contribution in [3.05, 3.63) is 64.7 Å². The average Bonchev–Trinajstić information content (AvgIpc) is 2.45. The zero-order valence-corrected chi connectivity index (χ0v) is 11.8. The van der Waals surface area contributed by atoms with Gasteiger partial charge in [0, 0.05) is 6.54 Å². The molecule has 0 saturated heterocycles. The number of hydrogen-bond donors (Lipinski definition) is 2. The molecule has 0 aromatic heterocycles. The number of aromatic hydroxyl groups is 1. The maximum absolute atomic E-state index is 12.1. The van der Waals surface area contributed by atoms with E-state index in [1.165, 1.54) is 5.56 Å². The van der Waals surface area contributed by atoms with Crippen LogP contribution in [0.2, 0.25) is 0 Å². The number of carbonyl (C=O) groups excluding carboxylic acids is 1. The number of carbonyl (C=O) groups is 1. The Kier molecular flexibility index (Phi) is 4.41. The lowest BCUT2D eigenvalue weighted by Crippen LogP contribution is -2.23. The van der Waals surface area contributed by atoms with Crippen LogP contribution < -0.4 is 5.32 Å². The van der Waals surface area contributed by atoms with Gasteiger partial charge >= 0.3 is 0 Å². The molecule has 2 aromatic carbocycles. The normalized spacial score (nSPS) is 10.3. The summed E-state index contributed by atoms with van der Waals surface area (Å²) in [4.78, 5) is 12.1. The fourth-order valence-corrected chi connectivity index (χ4v) is 2.18. The Morgan fingerprint density at radius 2 is 1.85 bits per heavy atom. The third-order valence-corrected chi connectivity index (χ3v) is 3.34. The van der Waals surface area contributed by atoms with Crippen LogP contribution in [0.5, 0.6) is 5.75 Å². The number of nitrogens with one attached hydrogen (secondary N) is 1. The van der Waals surface area contributed by atoms with Gasteiger partial charge in [0.25, 0.3) is 5.91 Å². The molecule has 0 aliphatic carbocycles. The first-order chi connectivity index (χ1) is 9.61. The van der Waals surface area contributed by atoms with Gasteiger partial charge in [-0.3, -0.25) is 4.79 Å². The van der Waals surface area contributed by atoms with E-state index in [1.54, 1.807) is 12.1 Å². The van der Waals surface area contributed by atoms with Gasteiger partial charge in [0.05, 0.1) is 5.56 Å². The SMILES string of the molecule is CCc1ccccc1CNC(=O)c1ccc(C)cc1O. The van der Waals surface area contributed by atoms with Gasteiger partial charge in [-0.15, -0.1) is 0 Å². The van der Waals surface area contributed by atoms with E-state index >= 15 is 0 Å². The number of amides is 1. The summed E-state index contributed by atoms with van der Waals surface area (Å²) >= 11 is 0. The topological polar surface area (TPSA) is 49.3 Å². The summed E-state index contributed by atoms with van der Waals surface area (Å²) in [5.41, 5.74) is 3.57. The van der Waals surface area contributed by atoms with Gasteiger partial charge in [-0.25, -0.2) is 0 Å². The van der Waals surface area contributed by atoms with Crippen molar-refractivity contribution in [2.24, 2.45) is 0 Å². The van der Waals surface area contributed by atoms with Crippen LogP contribution in [0.3, 0.4) is 0 Å². The van der Waals surface area contributed by atoms with Crippen LogP contribution in [-0.4, -0.2) is 11.0 Å². The first kappa shape index (κ1) is 14.1. The Balaban J connectivity index is 2.09. The molecule has 0 radical (unpaired) electrons. The van der Waals surface area contributed by atoms with E-state index in [1.807, 2.05) is 31.2 Å². The van der Waals surface area contributed by atoms with Crippen LogP contribution in [-0.2, 0) is 13.0 Å².